The van der Waals surface area contributed by atoms with E-state index in [1.165, 1.54) is 4.52 Å². The quantitative estimate of drug-likeness (QED) is 0.243. The van der Waals surface area contributed by atoms with Gasteiger partial charge in [-0.25, -0.2) is 18.3 Å². The number of nitrogens with zero attached hydrogens (tertiary/aromatic N) is 7. The monoisotopic (exact) mass is 717 g/mol. The molecule has 284 valence electrons. The van der Waals surface area contributed by atoms with Crippen LogP contribution >= 0.6 is 0 Å². The zero-order valence-corrected chi connectivity index (χ0v) is 30.5. The van der Waals surface area contributed by atoms with E-state index in [4.69, 9.17) is 10.1 Å². The second-order valence-electron chi connectivity index (χ2n) is 13.5. The molecule has 16 heteroatoms. The van der Waals surface area contributed by atoms with Crippen LogP contribution in [0.25, 0.3) is 5.78 Å². The molecule has 4 atom stereocenters. The number of alkyl halides is 5. The second-order valence-corrected chi connectivity index (χ2v) is 13.5. The molecule has 5 rings (SSSR count). The van der Waals surface area contributed by atoms with Crippen LogP contribution in [0.2, 0.25) is 0 Å². The number of halogens is 5. The molecular weight excluding hydrogens is 661 g/mol. The van der Waals surface area contributed by atoms with E-state index in [0.717, 1.165) is 18.8 Å². The summed E-state index contributed by atoms with van der Waals surface area (Å²) >= 11 is 0. The number of aliphatic hydroxyl groups is 1. The van der Waals surface area contributed by atoms with Crippen LogP contribution < -0.4 is 15.5 Å². The SMILES string of the molecule is C=C(C)N(C)CC.CC.CC1CN(c2nc3nc(C(NCO)C4CCC(F)(F)CC4)cn3nc2CC2CC(C(F)(F)F)CNC2=O)CCN1C. The van der Waals surface area contributed by atoms with Crippen molar-refractivity contribution in [3.63, 3.8) is 0 Å². The number of piperazine rings is 1. The summed E-state index contributed by atoms with van der Waals surface area (Å²) in [5, 5.41) is 19.7. The molecule has 2 aromatic rings. The number of likely N-dealkylation sites (N-methyl/N-ethyl adjacent to an activating group) is 1. The molecule has 11 nitrogen and oxygen atoms in total. The van der Waals surface area contributed by atoms with Crippen molar-refractivity contribution in [2.45, 2.75) is 97.3 Å². The van der Waals surface area contributed by atoms with E-state index in [1.54, 1.807) is 6.20 Å². The Morgan fingerprint density at radius 2 is 1.88 bits per heavy atom. The molecule has 0 bridgehead atoms. The van der Waals surface area contributed by atoms with Gasteiger partial charge in [-0.2, -0.15) is 23.3 Å². The summed E-state index contributed by atoms with van der Waals surface area (Å²) < 4.78 is 69.6. The van der Waals surface area contributed by atoms with Crippen molar-refractivity contribution in [3.8, 4) is 0 Å². The fraction of sp³-hybridized carbons (Fsp3) is 0.765. The number of imidazole rings is 1. The number of aliphatic hydroxyl groups excluding tert-OH is 1. The lowest BCUT2D eigenvalue weighted by Crippen LogP contribution is -2.51. The fourth-order valence-corrected chi connectivity index (χ4v) is 6.48. The Morgan fingerprint density at radius 3 is 2.42 bits per heavy atom. The number of piperidine rings is 1. The zero-order valence-electron chi connectivity index (χ0n) is 30.5. The Balaban J connectivity index is 0.000000671. The van der Waals surface area contributed by atoms with Gasteiger partial charge in [-0.15, -0.1) is 0 Å². The van der Waals surface area contributed by atoms with Crippen molar-refractivity contribution in [2.24, 2.45) is 17.8 Å². The average Bonchev–Trinajstić information content (AvgIpc) is 3.48. The maximum atomic E-state index is 13.8. The largest absolute Gasteiger partial charge is 0.393 e. The van der Waals surface area contributed by atoms with E-state index in [9.17, 15) is 31.9 Å². The maximum absolute atomic E-state index is 13.8. The van der Waals surface area contributed by atoms with E-state index in [0.29, 0.717) is 30.3 Å². The van der Waals surface area contributed by atoms with E-state index in [2.05, 4.69) is 45.8 Å². The first kappa shape index (κ1) is 41.3. The van der Waals surface area contributed by atoms with Gasteiger partial charge < -0.3 is 25.1 Å². The smallest absolute Gasteiger partial charge is 0.381 e. The molecule has 50 heavy (non-hydrogen) atoms. The van der Waals surface area contributed by atoms with Crippen LogP contribution in [0.4, 0.5) is 27.8 Å². The van der Waals surface area contributed by atoms with Crippen molar-refractivity contribution >= 4 is 17.5 Å². The molecule has 1 saturated carbocycles. The highest BCUT2D eigenvalue weighted by Gasteiger charge is 2.45. The molecule has 0 radical (unpaired) electrons. The number of hydrogen-bond acceptors (Lipinski definition) is 9. The summed E-state index contributed by atoms with van der Waals surface area (Å²) in [5.41, 5.74) is 2.00. The van der Waals surface area contributed by atoms with Gasteiger partial charge in [0.2, 0.25) is 11.8 Å². The average molecular weight is 718 g/mol. The Hall–Kier alpha value is -3.11. The maximum Gasteiger partial charge on any atom is 0.393 e. The standard InChI is InChI=1S/C26H37F5N8O2.C6H13N.C2H6/c1-15-12-38(8-7-37(15)2)22-19(10-17-9-18(26(29,30)31)11-32-23(17)41)36-39-13-20(34-24(39)35-22)21(33-14-40)16-3-5-25(27,28)6-4-16;1-5-7(4)6(2)3;1-2/h13,15-18,21,33,40H,3-12,14H2,1-2H3,(H,32,41);2,5H2,1,3-4H3;1-2H3. The molecule has 3 N–H and O–H groups in total. The molecule has 2 saturated heterocycles. The van der Waals surface area contributed by atoms with Crippen LogP contribution in [-0.2, 0) is 11.2 Å². The van der Waals surface area contributed by atoms with Crippen molar-refractivity contribution in [2.75, 3.05) is 58.4 Å². The van der Waals surface area contributed by atoms with Crippen LogP contribution in [0.15, 0.2) is 18.5 Å². The fourth-order valence-electron chi connectivity index (χ4n) is 6.48. The van der Waals surface area contributed by atoms with E-state index in [1.807, 2.05) is 39.8 Å². The van der Waals surface area contributed by atoms with Crippen molar-refractivity contribution in [1.82, 2.24) is 40.0 Å². The minimum absolute atomic E-state index is 0.0268. The summed E-state index contributed by atoms with van der Waals surface area (Å²) in [7, 11) is 4.04. The lowest BCUT2D eigenvalue weighted by Gasteiger charge is -2.39. The van der Waals surface area contributed by atoms with Gasteiger partial charge in [0.05, 0.1) is 30.6 Å². The molecule has 1 aliphatic carbocycles. The van der Waals surface area contributed by atoms with Crippen molar-refractivity contribution in [1.29, 1.82) is 0 Å². The number of hydrogen-bond donors (Lipinski definition) is 3. The number of fused-ring (bicyclic) bond motifs is 1. The molecule has 2 aliphatic heterocycles. The van der Waals surface area contributed by atoms with Gasteiger partial charge in [-0.1, -0.05) is 20.4 Å². The molecule has 3 aliphatic rings. The first-order chi connectivity index (χ1) is 23.5. The number of allylic oxidation sites excluding steroid dienone is 1. The third-order valence-electron chi connectivity index (χ3n) is 9.99. The third kappa shape index (κ3) is 10.7. The van der Waals surface area contributed by atoms with Gasteiger partial charge in [0.15, 0.2) is 5.82 Å². The van der Waals surface area contributed by atoms with Gasteiger partial charge in [-0.3, -0.25) is 10.1 Å². The Bertz CT molecular complexity index is 1400. The zero-order chi connectivity index (χ0) is 37.4. The first-order valence-electron chi connectivity index (χ1n) is 17.7. The number of carbonyl (C=O) groups is 1. The lowest BCUT2D eigenvalue weighted by atomic mass is 9.81. The highest BCUT2D eigenvalue weighted by Crippen LogP contribution is 2.41. The normalized spacial score (nSPS) is 23.7. The Labute approximate surface area is 292 Å². The molecule has 3 fully saturated rings. The molecule has 1 amide bonds. The van der Waals surface area contributed by atoms with E-state index >= 15 is 0 Å². The first-order valence-corrected chi connectivity index (χ1v) is 17.7. The summed E-state index contributed by atoms with van der Waals surface area (Å²) in [4.78, 5) is 28.4. The Kier molecular flexibility index (Phi) is 14.8. The highest BCUT2D eigenvalue weighted by atomic mass is 19.4. The highest BCUT2D eigenvalue weighted by molar-refractivity contribution is 5.80. The third-order valence-corrected chi connectivity index (χ3v) is 9.99. The predicted molar refractivity (Wildman–Crippen MR) is 184 cm³/mol. The summed E-state index contributed by atoms with van der Waals surface area (Å²) in [6.45, 7) is 16.1. The summed E-state index contributed by atoms with van der Waals surface area (Å²) in [5.74, 6) is -5.18. The molecule has 4 heterocycles. The second kappa shape index (κ2) is 17.9. The van der Waals surface area contributed by atoms with Crippen LogP contribution in [0, 0.1) is 17.8 Å². The van der Waals surface area contributed by atoms with Gasteiger partial charge in [-0.05, 0) is 53.0 Å². The lowest BCUT2D eigenvalue weighted by molar-refractivity contribution is -0.183. The topological polar surface area (TPSA) is 114 Å². The van der Waals surface area contributed by atoms with Crippen molar-refractivity contribution < 1.29 is 31.9 Å². The number of amides is 1. The molecule has 4 unspecified atom stereocenters. The predicted octanol–water partition coefficient (Wildman–Crippen LogP) is 5.03. The van der Waals surface area contributed by atoms with Gasteiger partial charge >= 0.3 is 6.18 Å². The number of rotatable bonds is 9. The Morgan fingerprint density at radius 1 is 1.22 bits per heavy atom. The minimum atomic E-state index is -4.42. The molecule has 0 aromatic carbocycles. The summed E-state index contributed by atoms with van der Waals surface area (Å²) in [6, 6.07) is -0.327. The molecular formula is C34H56F5N9O2. The number of aromatic nitrogens is 4. The van der Waals surface area contributed by atoms with Crippen LogP contribution in [0.1, 0.15) is 84.2 Å². The van der Waals surface area contributed by atoms with Gasteiger partial charge in [0.25, 0.3) is 5.78 Å². The number of anilines is 1. The van der Waals surface area contributed by atoms with Crippen LogP contribution in [-0.4, -0.2) is 112 Å². The molecule has 0 spiro atoms. The van der Waals surface area contributed by atoms with Crippen LogP contribution in [0.5, 0.6) is 0 Å². The number of nitrogens with one attached hydrogen (secondary N) is 2. The molecule has 2 aromatic heterocycles. The van der Waals surface area contributed by atoms with Crippen LogP contribution in [0.3, 0.4) is 0 Å². The van der Waals surface area contributed by atoms with Gasteiger partial charge in [0, 0.05) is 76.7 Å². The van der Waals surface area contributed by atoms with Gasteiger partial charge in [0.1, 0.15) is 5.69 Å². The minimum Gasteiger partial charge on any atom is -0.381 e. The van der Waals surface area contributed by atoms with E-state index < -0.39 is 42.4 Å². The summed E-state index contributed by atoms with van der Waals surface area (Å²) in [6.07, 6.45) is -3.15. The van der Waals surface area contributed by atoms with Crippen molar-refractivity contribution in [3.05, 3.63) is 29.9 Å². The number of carbonyl (C=O) groups excluding carboxylic acids is 1. The van der Waals surface area contributed by atoms with E-state index in [-0.39, 0.29) is 63.0 Å².